The van der Waals surface area contributed by atoms with Crippen LogP contribution in [0, 0.1) is 0 Å². The predicted octanol–water partition coefficient (Wildman–Crippen LogP) is 6.10. The normalized spacial score (nSPS) is 13.3. The molecule has 0 aromatic heterocycles. The number of allylic oxidation sites excluding steroid dienone is 1. The number of rotatable bonds is 3. The molecule has 0 aliphatic rings. The lowest BCUT2D eigenvalue weighted by molar-refractivity contribution is 0.914. The molecule has 0 bridgehead atoms. The fourth-order valence-electron chi connectivity index (χ4n) is 3.31. The SMILES string of the molecule is C/C(=C\C(N)c1ccc2ccccc2c1)c1ccc2ccccc2c1. The number of hydrogen-bond donors (Lipinski definition) is 1. The number of fused-ring (bicyclic) bond motifs is 2. The maximum atomic E-state index is 6.46. The van der Waals surface area contributed by atoms with E-state index >= 15 is 0 Å². The summed E-state index contributed by atoms with van der Waals surface area (Å²) in [6, 6.07) is 29.7. The summed E-state index contributed by atoms with van der Waals surface area (Å²) in [5.74, 6) is 0. The minimum atomic E-state index is -0.115. The summed E-state index contributed by atoms with van der Waals surface area (Å²) < 4.78 is 0. The van der Waals surface area contributed by atoms with Crippen molar-refractivity contribution in [1.29, 1.82) is 0 Å². The van der Waals surface area contributed by atoms with Crippen molar-refractivity contribution in [1.82, 2.24) is 0 Å². The van der Waals surface area contributed by atoms with Crippen molar-refractivity contribution in [2.45, 2.75) is 13.0 Å². The fourth-order valence-corrected chi connectivity index (χ4v) is 3.31. The first-order chi connectivity index (χ1) is 12.2. The Balaban J connectivity index is 1.67. The third-order valence-corrected chi connectivity index (χ3v) is 4.79. The molecule has 0 aliphatic carbocycles. The molecule has 1 nitrogen and oxygen atoms in total. The molecule has 0 spiro atoms. The minimum absolute atomic E-state index is 0.115. The standard InChI is InChI=1S/C24H21N/c1-17(20-12-10-18-6-2-4-8-21(18)15-20)14-24(25)23-13-11-19-7-3-5-9-22(19)16-23/h2-16,24H,25H2,1H3/b17-14+. The van der Waals surface area contributed by atoms with Crippen molar-refractivity contribution in [2.75, 3.05) is 0 Å². The van der Waals surface area contributed by atoms with Crippen molar-refractivity contribution in [3.8, 4) is 0 Å². The summed E-state index contributed by atoms with van der Waals surface area (Å²) in [6.45, 7) is 2.13. The zero-order chi connectivity index (χ0) is 17.2. The van der Waals surface area contributed by atoms with Crippen LogP contribution in [0.4, 0.5) is 0 Å². The Kier molecular flexibility index (Phi) is 4.09. The largest absolute Gasteiger partial charge is 0.321 e. The Labute approximate surface area is 148 Å². The van der Waals surface area contributed by atoms with E-state index < -0.39 is 0 Å². The molecule has 1 heteroatoms. The van der Waals surface area contributed by atoms with Crippen molar-refractivity contribution in [3.63, 3.8) is 0 Å². The van der Waals surface area contributed by atoms with E-state index in [1.165, 1.54) is 32.7 Å². The van der Waals surface area contributed by atoms with Crippen LogP contribution in [0.2, 0.25) is 0 Å². The highest BCUT2D eigenvalue weighted by atomic mass is 14.6. The van der Waals surface area contributed by atoms with Crippen LogP contribution in [0.15, 0.2) is 91.0 Å². The third-order valence-electron chi connectivity index (χ3n) is 4.79. The molecule has 4 aromatic carbocycles. The van der Waals surface area contributed by atoms with Gasteiger partial charge in [0.1, 0.15) is 0 Å². The fraction of sp³-hybridized carbons (Fsp3) is 0.0833. The van der Waals surface area contributed by atoms with Crippen LogP contribution >= 0.6 is 0 Å². The molecule has 2 N–H and O–H groups in total. The highest BCUT2D eigenvalue weighted by Gasteiger charge is 2.06. The summed E-state index contributed by atoms with van der Waals surface area (Å²) in [6.07, 6.45) is 2.15. The van der Waals surface area contributed by atoms with Gasteiger partial charge in [-0.3, -0.25) is 0 Å². The molecule has 122 valence electrons. The second kappa shape index (κ2) is 6.54. The van der Waals surface area contributed by atoms with Gasteiger partial charge in [-0.15, -0.1) is 0 Å². The average Bonchev–Trinajstić information content (AvgIpc) is 2.67. The molecule has 4 aromatic rings. The van der Waals surface area contributed by atoms with Crippen LogP contribution < -0.4 is 5.73 Å². The molecular formula is C24H21N. The van der Waals surface area contributed by atoms with Gasteiger partial charge in [0.2, 0.25) is 0 Å². The molecular weight excluding hydrogens is 302 g/mol. The Morgan fingerprint density at radius 3 is 1.96 bits per heavy atom. The van der Waals surface area contributed by atoms with E-state index in [9.17, 15) is 0 Å². The van der Waals surface area contributed by atoms with Crippen LogP contribution in [0.25, 0.3) is 27.1 Å². The Bertz CT molecular complexity index is 1080. The molecule has 1 unspecified atom stereocenters. The molecule has 0 saturated heterocycles. The Morgan fingerprint density at radius 1 is 0.720 bits per heavy atom. The van der Waals surface area contributed by atoms with E-state index in [-0.39, 0.29) is 6.04 Å². The van der Waals surface area contributed by atoms with Gasteiger partial charge in [-0.05, 0) is 57.3 Å². The molecule has 25 heavy (non-hydrogen) atoms. The minimum Gasteiger partial charge on any atom is -0.321 e. The van der Waals surface area contributed by atoms with Gasteiger partial charge >= 0.3 is 0 Å². The lowest BCUT2D eigenvalue weighted by atomic mass is 9.97. The molecule has 0 radical (unpaired) electrons. The predicted molar refractivity (Wildman–Crippen MR) is 108 cm³/mol. The summed E-state index contributed by atoms with van der Waals surface area (Å²) in [5.41, 5.74) is 10.0. The highest BCUT2D eigenvalue weighted by Crippen LogP contribution is 2.25. The van der Waals surface area contributed by atoms with E-state index in [0.717, 1.165) is 5.56 Å². The lowest BCUT2D eigenvalue weighted by Gasteiger charge is -2.11. The topological polar surface area (TPSA) is 26.0 Å². The van der Waals surface area contributed by atoms with Crippen LogP contribution in [-0.2, 0) is 0 Å². The summed E-state index contributed by atoms with van der Waals surface area (Å²) in [7, 11) is 0. The van der Waals surface area contributed by atoms with E-state index in [4.69, 9.17) is 5.73 Å². The summed E-state index contributed by atoms with van der Waals surface area (Å²) in [5, 5.41) is 4.99. The van der Waals surface area contributed by atoms with Gasteiger partial charge in [0, 0.05) is 6.04 Å². The first-order valence-electron chi connectivity index (χ1n) is 8.62. The Morgan fingerprint density at radius 2 is 1.28 bits per heavy atom. The van der Waals surface area contributed by atoms with Gasteiger partial charge in [0.05, 0.1) is 0 Å². The van der Waals surface area contributed by atoms with Crippen molar-refractivity contribution >= 4 is 27.1 Å². The van der Waals surface area contributed by atoms with Crippen molar-refractivity contribution in [2.24, 2.45) is 5.73 Å². The molecule has 0 saturated carbocycles. The zero-order valence-electron chi connectivity index (χ0n) is 14.3. The van der Waals surface area contributed by atoms with Crippen molar-refractivity contribution < 1.29 is 0 Å². The second-order valence-corrected chi connectivity index (χ2v) is 6.54. The molecule has 0 heterocycles. The van der Waals surface area contributed by atoms with Gasteiger partial charge in [0.25, 0.3) is 0 Å². The quantitative estimate of drug-likeness (QED) is 0.484. The average molecular weight is 323 g/mol. The maximum Gasteiger partial charge on any atom is 0.0487 e. The molecule has 0 fully saturated rings. The maximum absolute atomic E-state index is 6.46. The Hall–Kier alpha value is -2.90. The van der Waals surface area contributed by atoms with E-state index in [1.54, 1.807) is 0 Å². The van der Waals surface area contributed by atoms with Gasteiger partial charge in [-0.25, -0.2) is 0 Å². The van der Waals surface area contributed by atoms with Crippen LogP contribution in [0.3, 0.4) is 0 Å². The third kappa shape index (κ3) is 3.19. The van der Waals surface area contributed by atoms with E-state index in [1.807, 2.05) is 0 Å². The lowest BCUT2D eigenvalue weighted by Crippen LogP contribution is -2.07. The number of hydrogen-bond acceptors (Lipinski definition) is 1. The highest BCUT2D eigenvalue weighted by molar-refractivity contribution is 5.86. The summed E-state index contributed by atoms with van der Waals surface area (Å²) >= 11 is 0. The number of nitrogens with two attached hydrogens (primary N) is 1. The number of benzene rings is 4. The van der Waals surface area contributed by atoms with Crippen molar-refractivity contribution in [3.05, 3.63) is 102 Å². The first kappa shape index (κ1) is 15.6. The monoisotopic (exact) mass is 323 g/mol. The summed E-state index contributed by atoms with van der Waals surface area (Å²) in [4.78, 5) is 0. The van der Waals surface area contributed by atoms with Crippen LogP contribution in [-0.4, -0.2) is 0 Å². The molecule has 0 amide bonds. The molecule has 0 aliphatic heterocycles. The first-order valence-corrected chi connectivity index (χ1v) is 8.62. The van der Waals surface area contributed by atoms with E-state index in [2.05, 4.69) is 97.9 Å². The van der Waals surface area contributed by atoms with Gasteiger partial charge in [-0.2, -0.15) is 0 Å². The van der Waals surface area contributed by atoms with Gasteiger partial charge in [-0.1, -0.05) is 78.9 Å². The second-order valence-electron chi connectivity index (χ2n) is 6.54. The van der Waals surface area contributed by atoms with E-state index in [0.29, 0.717) is 0 Å². The van der Waals surface area contributed by atoms with Crippen LogP contribution in [0.5, 0.6) is 0 Å². The molecule has 4 rings (SSSR count). The van der Waals surface area contributed by atoms with Gasteiger partial charge < -0.3 is 5.73 Å². The smallest absolute Gasteiger partial charge is 0.0487 e. The zero-order valence-corrected chi connectivity index (χ0v) is 14.3. The molecule has 1 atom stereocenters. The van der Waals surface area contributed by atoms with Crippen LogP contribution in [0.1, 0.15) is 24.1 Å². The van der Waals surface area contributed by atoms with Gasteiger partial charge in [0.15, 0.2) is 0 Å².